The van der Waals surface area contributed by atoms with Crippen LogP contribution in [0.2, 0.25) is 0 Å². The van der Waals surface area contributed by atoms with Crippen LogP contribution in [-0.4, -0.2) is 5.91 Å². The third-order valence-corrected chi connectivity index (χ3v) is 5.44. The molecule has 1 amide bonds. The van der Waals surface area contributed by atoms with Crippen LogP contribution >= 0.6 is 0 Å². The molecule has 1 N–H and O–H groups in total. The van der Waals surface area contributed by atoms with Gasteiger partial charge >= 0.3 is 0 Å². The molecule has 0 bridgehead atoms. The summed E-state index contributed by atoms with van der Waals surface area (Å²) in [5, 5.41) is 3.37. The summed E-state index contributed by atoms with van der Waals surface area (Å²) in [6.07, 6.45) is 4.80. The number of carbonyl (C=O) groups excluding carboxylic acids is 1. The van der Waals surface area contributed by atoms with Crippen molar-refractivity contribution in [3.8, 4) is 0 Å². The van der Waals surface area contributed by atoms with E-state index in [0.29, 0.717) is 11.8 Å². The van der Waals surface area contributed by atoms with Gasteiger partial charge in [-0.3, -0.25) is 4.79 Å². The summed E-state index contributed by atoms with van der Waals surface area (Å²) in [7, 11) is 0. The SMILES string of the molecule is CC(C)C(NC(=O)C(c1ccccc1)C1CCCC1)c1ccccc1. The van der Waals surface area contributed by atoms with E-state index in [1.54, 1.807) is 0 Å². The Labute approximate surface area is 151 Å². The van der Waals surface area contributed by atoms with Crippen molar-refractivity contribution < 1.29 is 4.79 Å². The Morgan fingerprint density at radius 3 is 1.92 bits per heavy atom. The Balaban J connectivity index is 1.84. The molecule has 2 heteroatoms. The lowest BCUT2D eigenvalue weighted by molar-refractivity contribution is -0.124. The van der Waals surface area contributed by atoms with E-state index >= 15 is 0 Å². The van der Waals surface area contributed by atoms with Crippen LogP contribution in [0.4, 0.5) is 0 Å². The van der Waals surface area contributed by atoms with Crippen LogP contribution < -0.4 is 5.32 Å². The second-order valence-corrected chi connectivity index (χ2v) is 7.57. The fraction of sp³-hybridized carbons (Fsp3) is 0.435. The highest BCUT2D eigenvalue weighted by molar-refractivity contribution is 5.84. The molecule has 2 atom stereocenters. The Hall–Kier alpha value is -2.09. The van der Waals surface area contributed by atoms with Crippen LogP contribution in [-0.2, 0) is 4.79 Å². The van der Waals surface area contributed by atoms with Gasteiger partial charge in [0, 0.05) is 0 Å². The van der Waals surface area contributed by atoms with E-state index in [1.807, 2.05) is 36.4 Å². The number of rotatable bonds is 6. The maximum Gasteiger partial charge on any atom is 0.228 e. The maximum atomic E-state index is 13.3. The highest BCUT2D eigenvalue weighted by Crippen LogP contribution is 2.38. The third-order valence-electron chi connectivity index (χ3n) is 5.44. The van der Waals surface area contributed by atoms with E-state index < -0.39 is 0 Å². The Morgan fingerprint density at radius 2 is 1.40 bits per heavy atom. The van der Waals surface area contributed by atoms with Gasteiger partial charge in [0.15, 0.2) is 0 Å². The predicted octanol–water partition coefficient (Wildman–Crippen LogP) is 5.47. The Kier molecular flexibility index (Phi) is 5.91. The van der Waals surface area contributed by atoms with Gasteiger partial charge in [0.1, 0.15) is 0 Å². The molecule has 1 saturated carbocycles. The molecule has 0 saturated heterocycles. The molecule has 1 aliphatic carbocycles. The molecule has 2 aromatic rings. The zero-order valence-corrected chi connectivity index (χ0v) is 15.3. The van der Waals surface area contributed by atoms with Crippen molar-refractivity contribution in [2.45, 2.75) is 51.5 Å². The predicted molar refractivity (Wildman–Crippen MR) is 103 cm³/mol. The molecule has 0 aliphatic heterocycles. The van der Waals surface area contributed by atoms with E-state index in [4.69, 9.17) is 0 Å². The van der Waals surface area contributed by atoms with Crippen LogP contribution in [0.15, 0.2) is 60.7 Å². The van der Waals surface area contributed by atoms with Gasteiger partial charge in [0.2, 0.25) is 5.91 Å². The van der Waals surface area contributed by atoms with Crippen molar-refractivity contribution in [2.24, 2.45) is 11.8 Å². The van der Waals surface area contributed by atoms with Crippen LogP contribution in [0.5, 0.6) is 0 Å². The zero-order valence-electron chi connectivity index (χ0n) is 15.3. The number of benzene rings is 2. The van der Waals surface area contributed by atoms with E-state index in [9.17, 15) is 4.79 Å². The number of nitrogens with one attached hydrogen (secondary N) is 1. The fourth-order valence-electron chi connectivity index (χ4n) is 4.13. The summed E-state index contributed by atoms with van der Waals surface area (Å²) in [6, 6.07) is 20.7. The molecule has 1 fully saturated rings. The molecular formula is C23H29NO. The lowest BCUT2D eigenvalue weighted by atomic mass is 9.83. The summed E-state index contributed by atoms with van der Waals surface area (Å²) < 4.78 is 0. The zero-order chi connectivity index (χ0) is 17.6. The summed E-state index contributed by atoms with van der Waals surface area (Å²) in [4.78, 5) is 13.3. The smallest absolute Gasteiger partial charge is 0.228 e. The Morgan fingerprint density at radius 1 is 0.880 bits per heavy atom. The summed E-state index contributed by atoms with van der Waals surface area (Å²) in [5.74, 6) is 0.964. The molecule has 0 aromatic heterocycles. The minimum Gasteiger partial charge on any atom is -0.349 e. The van der Waals surface area contributed by atoms with Crippen molar-refractivity contribution in [3.05, 3.63) is 71.8 Å². The van der Waals surface area contributed by atoms with Gasteiger partial charge in [-0.15, -0.1) is 0 Å². The van der Waals surface area contributed by atoms with Crippen molar-refractivity contribution in [1.29, 1.82) is 0 Å². The van der Waals surface area contributed by atoms with Crippen LogP contribution in [0.1, 0.15) is 62.6 Å². The molecule has 132 valence electrons. The molecule has 1 aliphatic rings. The van der Waals surface area contributed by atoms with Gasteiger partial charge in [-0.05, 0) is 35.8 Å². The van der Waals surface area contributed by atoms with Gasteiger partial charge in [0.25, 0.3) is 0 Å². The van der Waals surface area contributed by atoms with Crippen molar-refractivity contribution in [2.75, 3.05) is 0 Å². The van der Waals surface area contributed by atoms with E-state index in [-0.39, 0.29) is 17.9 Å². The molecule has 0 spiro atoms. The van der Waals surface area contributed by atoms with Crippen molar-refractivity contribution in [1.82, 2.24) is 5.32 Å². The topological polar surface area (TPSA) is 29.1 Å². The minimum atomic E-state index is -0.0336. The highest BCUT2D eigenvalue weighted by atomic mass is 16.2. The quantitative estimate of drug-likeness (QED) is 0.744. The molecule has 3 rings (SSSR count). The molecule has 2 aromatic carbocycles. The molecule has 0 radical (unpaired) electrons. The highest BCUT2D eigenvalue weighted by Gasteiger charge is 2.33. The van der Waals surface area contributed by atoms with Gasteiger partial charge in [-0.25, -0.2) is 0 Å². The van der Waals surface area contributed by atoms with Gasteiger partial charge < -0.3 is 5.32 Å². The second-order valence-electron chi connectivity index (χ2n) is 7.57. The second kappa shape index (κ2) is 8.33. The largest absolute Gasteiger partial charge is 0.349 e. The lowest BCUT2D eigenvalue weighted by Gasteiger charge is -2.28. The van der Waals surface area contributed by atoms with E-state index in [2.05, 4.69) is 43.4 Å². The first-order valence-electron chi connectivity index (χ1n) is 9.57. The number of carbonyl (C=O) groups is 1. The van der Waals surface area contributed by atoms with Gasteiger partial charge in [0.05, 0.1) is 12.0 Å². The van der Waals surface area contributed by atoms with E-state index in [1.165, 1.54) is 18.4 Å². The first-order valence-corrected chi connectivity index (χ1v) is 9.57. The van der Waals surface area contributed by atoms with Crippen molar-refractivity contribution in [3.63, 3.8) is 0 Å². The summed E-state index contributed by atoms with van der Waals surface area (Å²) in [5.41, 5.74) is 2.34. The monoisotopic (exact) mass is 335 g/mol. The van der Waals surface area contributed by atoms with E-state index in [0.717, 1.165) is 18.4 Å². The molecule has 2 nitrogen and oxygen atoms in total. The first kappa shape index (κ1) is 17.7. The minimum absolute atomic E-state index is 0.0336. The molecular weight excluding hydrogens is 306 g/mol. The van der Waals surface area contributed by atoms with Gasteiger partial charge in [-0.1, -0.05) is 87.4 Å². The van der Waals surface area contributed by atoms with Crippen LogP contribution in [0.25, 0.3) is 0 Å². The number of hydrogen-bond acceptors (Lipinski definition) is 1. The molecule has 0 heterocycles. The lowest BCUT2D eigenvalue weighted by Crippen LogP contribution is -2.37. The average Bonchev–Trinajstić information content (AvgIpc) is 3.15. The standard InChI is InChI=1S/C23H29NO/c1-17(2)22(20-15-7-4-8-16-20)24-23(25)21(19-13-9-10-14-19)18-11-5-3-6-12-18/h3-8,11-12,15-17,19,21-22H,9-10,13-14H2,1-2H3,(H,24,25). The fourth-order valence-corrected chi connectivity index (χ4v) is 4.13. The van der Waals surface area contributed by atoms with Gasteiger partial charge in [-0.2, -0.15) is 0 Å². The summed E-state index contributed by atoms with van der Waals surface area (Å²) in [6.45, 7) is 4.34. The number of hydrogen-bond donors (Lipinski definition) is 1. The summed E-state index contributed by atoms with van der Waals surface area (Å²) >= 11 is 0. The first-order chi connectivity index (χ1) is 12.2. The van der Waals surface area contributed by atoms with Crippen LogP contribution in [0.3, 0.4) is 0 Å². The molecule has 2 unspecified atom stereocenters. The molecule has 25 heavy (non-hydrogen) atoms. The maximum absolute atomic E-state index is 13.3. The number of amides is 1. The normalized spacial score (nSPS) is 17.4. The van der Waals surface area contributed by atoms with Crippen LogP contribution in [0, 0.1) is 11.8 Å². The Bertz CT molecular complexity index is 659. The van der Waals surface area contributed by atoms with Crippen molar-refractivity contribution >= 4 is 5.91 Å². The average molecular weight is 335 g/mol. The third kappa shape index (κ3) is 4.31.